The maximum Gasteiger partial charge on any atom is 0.246 e. The number of hydrogen-bond acceptors (Lipinski definition) is 14. The van der Waals surface area contributed by atoms with Gasteiger partial charge < -0.3 is 39.4 Å². The van der Waals surface area contributed by atoms with Crippen LogP contribution in [0.15, 0.2) is 89.0 Å². The van der Waals surface area contributed by atoms with Crippen LogP contribution in [0.25, 0.3) is 36.9 Å². The Kier molecular flexibility index (Phi) is 16.4. The van der Waals surface area contributed by atoms with E-state index in [2.05, 4.69) is 25.2 Å². The fraction of sp³-hybridized carbons (Fsp3) is 0.426. The number of aryl methyl sites for hydroxylation is 1. The van der Waals surface area contributed by atoms with Gasteiger partial charge >= 0.3 is 0 Å². The number of aliphatic hydroxyl groups excluding tert-OH is 1. The predicted octanol–water partition coefficient (Wildman–Crippen LogP) is 7.90. The van der Waals surface area contributed by atoms with Crippen LogP contribution in [0.4, 0.5) is 0 Å². The van der Waals surface area contributed by atoms with Gasteiger partial charge in [0.2, 0.25) is 17.7 Å². The number of ether oxygens (including phenoxy) is 3. The van der Waals surface area contributed by atoms with Gasteiger partial charge in [-0.15, -0.1) is 11.3 Å². The maximum atomic E-state index is 14.0. The molecule has 3 aromatic carbocycles. The van der Waals surface area contributed by atoms with Gasteiger partial charge in [-0.3, -0.25) is 23.6 Å². The highest BCUT2D eigenvalue weighted by molar-refractivity contribution is 7.23. The second-order valence-corrected chi connectivity index (χ2v) is 22.2. The average Bonchev–Trinajstić information content (AvgIpc) is 4.19. The van der Waals surface area contributed by atoms with Crippen LogP contribution in [0.1, 0.15) is 82.7 Å². The summed E-state index contributed by atoms with van der Waals surface area (Å²) in [6, 6.07) is 21.8. The molecule has 0 unspecified atom stereocenters. The van der Waals surface area contributed by atoms with Crippen molar-refractivity contribution in [1.82, 2.24) is 35.1 Å². The van der Waals surface area contributed by atoms with Crippen LogP contribution >= 0.6 is 22.7 Å². The number of fused-ring (bicyclic) bond motifs is 3. The number of nitrogens with one attached hydrogen (secondary N) is 2. The fourth-order valence-corrected chi connectivity index (χ4v) is 10.3. The molecule has 1 fully saturated rings. The molecule has 380 valence electrons. The van der Waals surface area contributed by atoms with Crippen molar-refractivity contribution in [3.63, 3.8) is 0 Å². The first-order valence-electron chi connectivity index (χ1n) is 24.2. The topological polar surface area (TPSA) is 200 Å². The predicted molar refractivity (Wildman–Crippen MR) is 277 cm³/mol. The Bertz CT molecular complexity index is 3000. The Balaban J connectivity index is 0.722. The molecule has 0 radical (unpaired) electrons. The van der Waals surface area contributed by atoms with Crippen molar-refractivity contribution in [3.8, 4) is 27.4 Å². The van der Waals surface area contributed by atoms with Gasteiger partial charge in [0.05, 0.1) is 76.6 Å². The number of benzene rings is 3. The number of aliphatic hydroxyl groups is 1. The number of ketones is 1. The molecule has 0 saturated carbocycles. The normalized spacial score (nSPS) is 15.6. The molecule has 18 heteroatoms. The zero-order valence-corrected chi connectivity index (χ0v) is 43.5. The van der Waals surface area contributed by atoms with E-state index in [1.54, 1.807) is 22.7 Å². The number of Topliss-reactive ketones (excluding diaryl/α,β-unsaturated/α-hetero) is 1. The van der Waals surface area contributed by atoms with Crippen LogP contribution in [0, 0.1) is 12.3 Å². The average molecular weight is 1020 g/mol. The summed E-state index contributed by atoms with van der Waals surface area (Å²) in [5.41, 5.74) is 8.30. The van der Waals surface area contributed by atoms with E-state index in [1.807, 2.05) is 133 Å². The lowest BCUT2D eigenvalue weighted by molar-refractivity contribution is -0.144. The number of nitrogens with zero attached hydrogens (tertiary/aromatic N) is 5. The summed E-state index contributed by atoms with van der Waals surface area (Å²) >= 11 is 3.14. The Morgan fingerprint density at radius 3 is 2.28 bits per heavy atom. The van der Waals surface area contributed by atoms with Crippen molar-refractivity contribution in [3.05, 3.63) is 113 Å². The molecule has 8 rings (SSSR count). The van der Waals surface area contributed by atoms with Gasteiger partial charge in [-0.1, -0.05) is 107 Å². The van der Waals surface area contributed by atoms with Crippen LogP contribution in [0.2, 0.25) is 0 Å². The maximum absolute atomic E-state index is 14.0. The number of aromatic nitrogens is 4. The van der Waals surface area contributed by atoms with Gasteiger partial charge in [0.1, 0.15) is 36.0 Å². The number of imidazole rings is 1. The van der Waals surface area contributed by atoms with Gasteiger partial charge in [0, 0.05) is 55.6 Å². The van der Waals surface area contributed by atoms with E-state index in [0.717, 1.165) is 59.5 Å². The van der Waals surface area contributed by atoms with Crippen LogP contribution in [-0.2, 0) is 53.5 Å². The third-order valence-electron chi connectivity index (χ3n) is 12.4. The van der Waals surface area contributed by atoms with Crippen LogP contribution < -0.4 is 15.4 Å². The highest BCUT2D eigenvalue weighted by Crippen LogP contribution is 2.33. The van der Waals surface area contributed by atoms with E-state index in [9.17, 15) is 24.3 Å². The van der Waals surface area contributed by atoms with E-state index >= 15 is 0 Å². The number of rotatable bonds is 21. The van der Waals surface area contributed by atoms with Gasteiger partial charge in [0.15, 0.2) is 4.96 Å². The Morgan fingerprint density at radius 2 is 1.58 bits per heavy atom. The third kappa shape index (κ3) is 13.0. The summed E-state index contributed by atoms with van der Waals surface area (Å²) in [6.45, 7) is 15.3. The van der Waals surface area contributed by atoms with Crippen LogP contribution in [0.5, 0.6) is 5.75 Å². The number of carbonyl (C=O) groups excluding carboxylic acids is 4. The second kappa shape index (κ2) is 22.6. The summed E-state index contributed by atoms with van der Waals surface area (Å²) < 4.78 is 25.9. The molecule has 5 heterocycles. The molecule has 72 heavy (non-hydrogen) atoms. The highest BCUT2D eigenvalue weighted by atomic mass is 32.1. The van der Waals surface area contributed by atoms with Crippen molar-refractivity contribution >= 4 is 61.4 Å². The van der Waals surface area contributed by atoms with Gasteiger partial charge in [0.25, 0.3) is 0 Å². The lowest BCUT2D eigenvalue weighted by Crippen LogP contribution is -2.57. The SMILES string of the molecule is Cc1ncsc1-c1ccc(CNC(=O)[C@@H]2C[C@@H](O)CN2C(=O)[C@@H](NC(=O)CCOCCOCCOc2ccc3c(c2)sc2nc(-c4ccc(CC(=O)Cc5cc(C(C)(C)C)on5)cc4)cn23)C(C)(C)C)cc1. The smallest absolute Gasteiger partial charge is 0.246 e. The molecule has 16 nitrogen and oxygen atoms in total. The molecule has 3 N–H and O–H groups in total. The molecule has 1 aliphatic heterocycles. The van der Waals surface area contributed by atoms with E-state index in [-0.39, 0.29) is 68.6 Å². The number of carbonyl (C=O) groups is 4. The molecule has 0 bridgehead atoms. The molecule has 1 aliphatic rings. The minimum absolute atomic E-state index is 0.00598. The number of hydrogen-bond donors (Lipinski definition) is 3. The number of thiazole rings is 2. The summed E-state index contributed by atoms with van der Waals surface area (Å²) in [5.74, 6) is 0.408. The molecule has 3 amide bonds. The molecule has 1 saturated heterocycles. The fourth-order valence-electron chi connectivity index (χ4n) is 8.46. The first kappa shape index (κ1) is 52.0. The monoisotopic (exact) mass is 1020 g/mol. The van der Waals surface area contributed by atoms with Gasteiger partial charge in [-0.25, -0.2) is 9.97 Å². The Labute approximate surface area is 427 Å². The minimum Gasteiger partial charge on any atom is -0.491 e. The van der Waals surface area contributed by atoms with E-state index in [1.165, 1.54) is 4.90 Å². The Hall–Kier alpha value is -6.31. The van der Waals surface area contributed by atoms with Gasteiger partial charge in [-0.05, 0) is 47.2 Å². The zero-order chi connectivity index (χ0) is 51.2. The zero-order valence-electron chi connectivity index (χ0n) is 41.9. The number of amides is 3. The molecule has 0 aliphatic carbocycles. The molecular weight excluding hydrogens is 955 g/mol. The molecular formula is C54H63N7O9S2. The van der Waals surface area contributed by atoms with E-state index < -0.39 is 29.5 Å². The first-order valence-corrected chi connectivity index (χ1v) is 25.9. The van der Waals surface area contributed by atoms with Crippen molar-refractivity contribution < 1.29 is 43.0 Å². The molecule has 3 atom stereocenters. The lowest BCUT2D eigenvalue weighted by atomic mass is 9.85. The molecule has 0 spiro atoms. The minimum atomic E-state index is -0.933. The summed E-state index contributed by atoms with van der Waals surface area (Å²) in [7, 11) is 0. The van der Waals surface area contributed by atoms with Crippen molar-refractivity contribution in [2.45, 2.75) is 104 Å². The number of likely N-dealkylation sites (tertiary alicyclic amines) is 1. The van der Waals surface area contributed by atoms with E-state index in [4.69, 9.17) is 23.7 Å². The van der Waals surface area contributed by atoms with Crippen molar-refractivity contribution in [2.75, 3.05) is 39.6 Å². The lowest BCUT2D eigenvalue weighted by Gasteiger charge is -2.35. The van der Waals surface area contributed by atoms with Crippen LogP contribution in [0.3, 0.4) is 0 Å². The van der Waals surface area contributed by atoms with Crippen LogP contribution in [-0.4, -0.2) is 111 Å². The highest BCUT2D eigenvalue weighted by Gasteiger charge is 2.44. The standard InChI is InChI=1S/C54H63N7O9S2/c1-33-48(71-32-56-33)37-14-10-35(11-15-37)29-55-50(65)44-27-40(63)30-60(44)51(66)49(54(5,6)7)58-47(64)18-19-67-20-21-68-22-23-69-41-16-17-43-45(28-41)72-52-57-42(31-61(43)52)36-12-8-34(9-13-36)24-39(62)25-38-26-46(70-59-38)53(2,3)4/h8-17,26,28,31-32,40,44,49,63H,18-25,27,29-30H2,1-7H3,(H,55,65)(H,58,64)/t40-,44+,49-/m1/s1. The van der Waals surface area contributed by atoms with Crippen molar-refractivity contribution in [1.29, 1.82) is 0 Å². The number of β-amino-alcohol motifs (C(OH)–C–C–N with tert-alkyl or cyclic N) is 1. The quantitative estimate of drug-likeness (QED) is 0.0589. The summed E-state index contributed by atoms with van der Waals surface area (Å²) in [6.07, 6.45) is 1.83. The first-order chi connectivity index (χ1) is 34.4. The molecule has 4 aromatic heterocycles. The van der Waals surface area contributed by atoms with Crippen molar-refractivity contribution in [2.24, 2.45) is 5.41 Å². The second-order valence-electron chi connectivity index (χ2n) is 20.3. The summed E-state index contributed by atoms with van der Waals surface area (Å²) in [5, 5.41) is 20.5. The third-order valence-corrected chi connectivity index (χ3v) is 14.4. The van der Waals surface area contributed by atoms with E-state index in [0.29, 0.717) is 37.7 Å². The molecule has 7 aromatic rings. The Morgan fingerprint density at radius 1 is 0.875 bits per heavy atom. The largest absolute Gasteiger partial charge is 0.491 e. The summed E-state index contributed by atoms with van der Waals surface area (Å²) in [4.78, 5) is 65.9. The van der Waals surface area contributed by atoms with Gasteiger partial charge in [-0.2, -0.15) is 0 Å².